The van der Waals surface area contributed by atoms with E-state index < -0.39 is 5.97 Å². The number of rotatable bonds is 3. The van der Waals surface area contributed by atoms with Gasteiger partial charge >= 0.3 is 5.97 Å². The Bertz CT molecular complexity index is 540. The number of carbonyl (C=O) groups is 1. The summed E-state index contributed by atoms with van der Waals surface area (Å²) in [6.45, 7) is 0. The zero-order valence-electron chi connectivity index (χ0n) is 8.63. The molecular weight excluding hydrogens is 333 g/mol. The zero-order valence-corrected chi connectivity index (χ0v) is 10.8. The number of aromatic nitrogens is 1. The highest BCUT2D eigenvalue weighted by Crippen LogP contribution is 2.23. The summed E-state index contributed by atoms with van der Waals surface area (Å²) in [5.74, 6) is -0.397. The van der Waals surface area contributed by atoms with Crippen molar-refractivity contribution in [2.75, 3.05) is 0 Å². The van der Waals surface area contributed by atoms with E-state index in [2.05, 4.69) is 27.6 Å². The Balaban J connectivity index is 2.30. The molecule has 0 saturated carbocycles. The van der Waals surface area contributed by atoms with E-state index in [0.29, 0.717) is 5.75 Å². The summed E-state index contributed by atoms with van der Waals surface area (Å²) in [5, 5.41) is 8.97. The van der Waals surface area contributed by atoms with Crippen molar-refractivity contribution in [1.29, 1.82) is 0 Å². The first-order chi connectivity index (χ1) is 8.16. The number of benzene rings is 1. The van der Waals surface area contributed by atoms with Crippen LogP contribution in [0.4, 0.5) is 0 Å². The lowest BCUT2D eigenvalue weighted by atomic mass is 10.3. The molecule has 5 heteroatoms. The molecule has 0 aliphatic rings. The minimum Gasteiger partial charge on any atom is -0.477 e. The van der Waals surface area contributed by atoms with Crippen molar-refractivity contribution in [2.45, 2.75) is 0 Å². The van der Waals surface area contributed by atoms with Crippen LogP contribution in [0.2, 0.25) is 0 Å². The van der Waals surface area contributed by atoms with Gasteiger partial charge in [0, 0.05) is 9.77 Å². The highest BCUT2D eigenvalue weighted by Gasteiger charge is 2.12. The quantitative estimate of drug-likeness (QED) is 0.872. The van der Waals surface area contributed by atoms with E-state index in [0.717, 1.165) is 3.57 Å². The standard InChI is InChI=1S/C12H8INO3/c13-8-3-5-9(6-4-8)17-11-10(12(15)16)2-1-7-14-11/h1-7H,(H,15,16). The SMILES string of the molecule is O=C(O)c1cccnc1Oc1ccc(I)cc1. The fourth-order valence-electron chi connectivity index (χ4n) is 1.25. The summed E-state index contributed by atoms with van der Waals surface area (Å²) in [4.78, 5) is 14.9. The predicted molar refractivity (Wildman–Crippen MR) is 70.4 cm³/mol. The van der Waals surface area contributed by atoms with Gasteiger partial charge in [0.25, 0.3) is 0 Å². The summed E-state index contributed by atoms with van der Waals surface area (Å²) in [7, 11) is 0. The van der Waals surface area contributed by atoms with Crippen LogP contribution in [-0.2, 0) is 0 Å². The number of ether oxygens (including phenoxy) is 1. The molecule has 1 aromatic carbocycles. The summed E-state index contributed by atoms with van der Waals surface area (Å²) in [5.41, 5.74) is 0.0473. The van der Waals surface area contributed by atoms with Crippen LogP contribution >= 0.6 is 22.6 Å². The van der Waals surface area contributed by atoms with E-state index in [-0.39, 0.29) is 11.4 Å². The molecule has 1 heterocycles. The molecule has 86 valence electrons. The van der Waals surface area contributed by atoms with Crippen molar-refractivity contribution in [3.05, 3.63) is 51.7 Å². The number of nitrogens with zero attached hydrogens (tertiary/aromatic N) is 1. The highest BCUT2D eigenvalue weighted by atomic mass is 127. The number of carboxylic acids is 1. The fourth-order valence-corrected chi connectivity index (χ4v) is 1.61. The number of halogens is 1. The van der Waals surface area contributed by atoms with Crippen molar-refractivity contribution in [3.63, 3.8) is 0 Å². The van der Waals surface area contributed by atoms with Crippen LogP contribution in [0.1, 0.15) is 10.4 Å². The molecular formula is C12H8INO3. The first-order valence-electron chi connectivity index (χ1n) is 4.78. The van der Waals surface area contributed by atoms with Gasteiger partial charge in [-0.05, 0) is 59.0 Å². The molecule has 0 fully saturated rings. The van der Waals surface area contributed by atoms with Gasteiger partial charge in [-0.25, -0.2) is 9.78 Å². The topological polar surface area (TPSA) is 59.4 Å². The lowest BCUT2D eigenvalue weighted by Crippen LogP contribution is -2.01. The fraction of sp³-hybridized carbons (Fsp3) is 0. The number of hydrogen-bond acceptors (Lipinski definition) is 3. The minimum atomic E-state index is -1.06. The first kappa shape index (κ1) is 11.8. The van der Waals surface area contributed by atoms with E-state index in [1.807, 2.05) is 12.1 Å². The largest absolute Gasteiger partial charge is 0.477 e. The van der Waals surface area contributed by atoms with Crippen LogP contribution in [0.15, 0.2) is 42.6 Å². The van der Waals surface area contributed by atoms with Crippen molar-refractivity contribution in [2.24, 2.45) is 0 Å². The second-order valence-electron chi connectivity index (χ2n) is 3.22. The maximum atomic E-state index is 10.9. The summed E-state index contributed by atoms with van der Waals surface area (Å²) >= 11 is 2.18. The van der Waals surface area contributed by atoms with Crippen LogP contribution in [0, 0.1) is 3.57 Å². The van der Waals surface area contributed by atoms with Crippen LogP contribution in [0.3, 0.4) is 0 Å². The van der Waals surface area contributed by atoms with E-state index in [1.54, 1.807) is 18.2 Å². The smallest absolute Gasteiger partial charge is 0.341 e. The van der Waals surface area contributed by atoms with Gasteiger partial charge in [0.1, 0.15) is 11.3 Å². The molecule has 0 aliphatic carbocycles. The average Bonchev–Trinajstić information content (AvgIpc) is 2.32. The van der Waals surface area contributed by atoms with Gasteiger partial charge in [0.2, 0.25) is 5.88 Å². The molecule has 2 rings (SSSR count). The Labute approximate surface area is 111 Å². The van der Waals surface area contributed by atoms with Crippen LogP contribution < -0.4 is 4.74 Å². The molecule has 0 saturated heterocycles. The maximum absolute atomic E-state index is 10.9. The third kappa shape index (κ3) is 2.94. The molecule has 4 nitrogen and oxygen atoms in total. The molecule has 2 aromatic rings. The Hall–Kier alpha value is -1.63. The predicted octanol–water partition coefficient (Wildman–Crippen LogP) is 3.18. The molecule has 1 N–H and O–H groups in total. The van der Waals surface area contributed by atoms with E-state index in [1.165, 1.54) is 12.3 Å². The van der Waals surface area contributed by atoms with Gasteiger partial charge < -0.3 is 9.84 Å². The van der Waals surface area contributed by atoms with Gasteiger partial charge in [-0.1, -0.05) is 0 Å². The van der Waals surface area contributed by atoms with Crippen molar-refractivity contribution in [1.82, 2.24) is 4.98 Å². The van der Waals surface area contributed by atoms with Crippen molar-refractivity contribution >= 4 is 28.6 Å². The van der Waals surface area contributed by atoms with Gasteiger partial charge in [-0.2, -0.15) is 0 Å². The Morgan fingerprint density at radius 3 is 2.59 bits per heavy atom. The molecule has 0 spiro atoms. The molecule has 0 amide bonds. The van der Waals surface area contributed by atoms with Gasteiger partial charge in [-0.3, -0.25) is 0 Å². The lowest BCUT2D eigenvalue weighted by Gasteiger charge is -2.06. The van der Waals surface area contributed by atoms with Crippen LogP contribution in [-0.4, -0.2) is 16.1 Å². The minimum absolute atomic E-state index is 0.0473. The van der Waals surface area contributed by atoms with Gasteiger partial charge in [-0.15, -0.1) is 0 Å². The number of hydrogen-bond donors (Lipinski definition) is 1. The molecule has 1 aromatic heterocycles. The van der Waals surface area contributed by atoms with E-state index in [4.69, 9.17) is 9.84 Å². The van der Waals surface area contributed by atoms with Crippen LogP contribution in [0.25, 0.3) is 0 Å². The third-order valence-electron chi connectivity index (χ3n) is 2.03. The number of pyridine rings is 1. The molecule has 17 heavy (non-hydrogen) atoms. The second kappa shape index (κ2) is 5.13. The molecule has 0 aliphatic heterocycles. The third-order valence-corrected chi connectivity index (χ3v) is 2.75. The first-order valence-corrected chi connectivity index (χ1v) is 5.86. The summed E-state index contributed by atoms with van der Waals surface area (Å²) in [6.07, 6.45) is 1.49. The molecule has 0 atom stereocenters. The average molecular weight is 341 g/mol. The van der Waals surface area contributed by atoms with E-state index >= 15 is 0 Å². The van der Waals surface area contributed by atoms with Gasteiger partial charge in [0.15, 0.2) is 0 Å². The Morgan fingerprint density at radius 1 is 1.24 bits per heavy atom. The van der Waals surface area contributed by atoms with E-state index in [9.17, 15) is 4.79 Å². The Morgan fingerprint density at radius 2 is 1.94 bits per heavy atom. The number of carboxylic acid groups (broad SMARTS) is 1. The summed E-state index contributed by atoms with van der Waals surface area (Å²) < 4.78 is 6.51. The molecule has 0 bridgehead atoms. The van der Waals surface area contributed by atoms with Gasteiger partial charge in [0.05, 0.1) is 0 Å². The zero-order chi connectivity index (χ0) is 12.3. The monoisotopic (exact) mass is 341 g/mol. The van der Waals surface area contributed by atoms with Crippen LogP contribution in [0.5, 0.6) is 11.6 Å². The second-order valence-corrected chi connectivity index (χ2v) is 4.46. The van der Waals surface area contributed by atoms with Crippen molar-refractivity contribution < 1.29 is 14.6 Å². The molecule has 0 unspecified atom stereocenters. The lowest BCUT2D eigenvalue weighted by molar-refractivity contribution is 0.0693. The normalized spacial score (nSPS) is 9.94. The highest BCUT2D eigenvalue weighted by molar-refractivity contribution is 14.1. The molecule has 0 radical (unpaired) electrons. The van der Waals surface area contributed by atoms with Crippen molar-refractivity contribution in [3.8, 4) is 11.6 Å². The summed E-state index contributed by atoms with van der Waals surface area (Å²) in [6, 6.07) is 10.3. The Kier molecular flexibility index (Phi) is 3.58. The maximum Gasteiger partial charge on any atom is 0.341 e. The number of aromatic carboxylic acids is 1.